The third-order valence-corrected chi connectivity index (χ3v) is 5.79. The Hall–Kier alpha value is -1.95. The van der Waals surface area contributed by atoms with Crippen LogP contribution in [0.5, 0.6) is 11.5 Å². The van der Waals surface area contributed by atoms with Crippen molar-refractivity contribution in [3.05, 3.63) is 53.6 Å². The number of fused-ring (bicyclic) bond motifs is 1. The summed E-state index contributed by atoms with van der Waals surface area (Å²) < 4.78 is 11.1. The first-order valence-corrected chi connectivity index (χ1v) is 10.3. The van der Waals surface area contributed by atoms with Crippen LogP contribution in [0.25, 0.3) is 0 Å². The van der Waals surface area contributed by atoms with Gasteiger partial charge in [-0.15, -0.1) is 0 Å². The fourth-order valence-electron chi connectivity index (χ4n) is 4.16. The summed E-state index contributed by atoms with van der Waals surface area (Å²) in [5, 5.41) is 10.4. The van der Waals surface area contributed by atoms with Crippen LogP contribution in [0.3, 0.4) is 0 Å². The molecule has 1 saturated heterocycles. The number of rotatable bonds is 7. The zero-order valence-electron chi connectivity index (χ0n) is 17.0. The summed E-state index contributed by atoms with van der Waals surface area (Å²) in [6.45, 7) is 4.82. The number of benzene rings is 2. The Bertz CT molecular complexity index is 776. The molecule has 0 aromatic heterocycles. The molecule has 0 amide bonds. The molecule has 0 bridgehead atoms. The van der Waals surface area contributed by atoms with E-state index in [-0.39, 0.29) is 12.4 Å². The Morgan fingerprint density at radius 1 is 0.931 bits per heavy atom. The first kappa shape index (κ1) is 21.8. The highest BCUT2D eigenvalue weighted by molar-refractivity contribution is 5.49. The molecule has 1 unspecified atom stereocenters. The van der Waals surface area contributed by atoms with Crippen molar-refractivity contribution >= 4 is 5.69 Å². The molecule has 1 atom stereocenters. The fourth-order valence-corrected chi connectivity index (χ4v) is 4.16. The lowest BCUT2D eigenvalue weighted by molar-refractivity contribution is -0.00000824. The summed E-state index contributed by atoms with van der Waals surface area (Å²) in [4.78, 5) is 4.69. The van der Waals surface area contributed by atoms with E-state index in [4.69, 9.17) is 9.47 Å². The number of methoxy groups -OCH3 is 1. The SMILES string of the molecule is COc1ccc(N2CCN(CC(O)COc3ccc4c(c3)CCC4)CC2)cc1.[Cl-]. The number of halogens is 1. The zero-order valence-corrected chi connectivity index (χ0v) is 17.8. The van der Waals surface area contributed by atoms with Gasteiger partial charge in [0.15, 0.2) is 0 Å². The van der Waals surface area contributed by atoms with Crippen LogP contribution >= 0.6 is 0 Å². The van der Waals surface area contributed by atoms with Gasteiger partial charge in [-0.1, -0.05) is 6.07 Å². The number of nitrogens with zero attached hydrogens (tertiary/aromatic N) is 2. The van der Waals surface area contributed by atoms with Crippen LogP contribution in [0.2, 0.25) is 0 Å². The van der Waals surface area contributed by atoms with Crippen LogP contribution in [-0.4, -0.2) is 62.6 Å². The van der Waals surface area contributed by atoms with Crippen molar-refractivity contribution in [2.24, 2.45) is 0 Å². The first-order valence-electron chi connectivity index (χ1n) is 10.3. The van der Waals surface area contributed by atoms with E-state index in [1.54, 1.807) is 7.11 Å². The number of aliphatic hydroxyl groups is 1. The summed E-state index contributed by atoms with van der Waals surface area (Å²) in [5.41, 5.74) is 4.07. The van der Waals surface area contributed by atoms with Crippen LogP contribution in [-0.2, 0) is 12.8 Å². The monoisotopic (exact) mass is 417 g/mol. The molecule has 0 radical (unpaired) electrons. The summed E-state index contributed by atoms with van der Waals surface area (Å²) >= 11 is 0. The number of hydrogen-bond donors (Lipinski definition) is 1. The summed E-state index contributed by atoms with van der Waals surface area (Å²) in [5.74, 6) is 1.76. The molecule has 158 valence electrons. The molecule has 5 nitrogen and oxygen atoms in total. The van der Waals surface area contributed by atoms with Gasteiger partial charge in [0, 0.05) is 38.4 Å². The molecule has 4 rings (SSSR count). The van der Waals surface area contributed by atoms with Crippen molar-refractivity contribution in [2.45, 2.75) is 25.4 Å². The van der Waals surface area contributed by atoms with E-state index in [0.717, 1.165) is 44.1 Å². The standard InChI is InChI=1S/C23H30N2O3.ClH/c1-27-22-9-6-20(7-10-22)25-13-11-24(12-14-25)16-21(26)17-28-23-8-5-18-3-2-4-19(18)15-23;/h5-10,15,21,26H,2-4,11-14,16-17H2,1H3;1H/p-1. The smallest absolute Gasteiger partial charge is 0.119 e. The second-order valence-corrected chi connectivity index (χ2v) is 7.73. The van der Waals surface area contributed by atoms with Gasteiger partial charge >= 0.3 is 0 Å². The van der Waals surface area contributed by atoms with Gasteiger partial charge in [-0.25, -0.2) is 0 Å². The van der Waals surface area contributed by atoms with E-state index in [1.165, 1.54) is 29.7 Å². The molecule has 2 aromatic rings. The van der Waals surface area contributed by atoms with Gasteiger partial charge in [0.05, 0.1) is 7.11 Å². The highest BCUT2D eigenvalue weighted by atomic mass is 35.5. The summed E-state index contributed by atoms with van der Waals surface area (Å²) in [6, 6.07) is 14.6. The fraction of sp³-hybridized carbons (Fsp3) is 0.478. The van der Waals surface area contributed by atoms with Gasteiger partial charge < -0.3 is 31.9 Å². The van der Waals surface area contributed by atoms with Crippen molar-refractivity contribution in [1.82, 2.24) is 4.90 Å². The van der Waals surface area contributed by atoms with Gasteiger partial charge in [0.1, 0.15) is 24.2 Å². The predicted molar refractivity (Wildman–Crippen MR) is 112 cm³/mol. The minimum absolute atomic E-state index is 0. The first-order chi connectivity index (χ1) is 13.7. The van der Waals surface area contributed by atoms with Crippen molar-refractivity contribution < 1.29 is 27.0 Å². The molecular weight excluding hydrogens is 388 g/mol. The third kappa shape index (κ3) is 5.56. The number of piperazine rings is 1. The van der Waals surface area contributed by atoms with Gasteiger partial charge in [0.25, 0.3) is 0 Å². The molecule has 1 aliphatic heterocycles. The van der Waals surface area contributed by atoms with E-state index >= 15 is 0 Å². The van der Waals surface area contributed by atoms with Crippen molar-refractivity contribution in [3.8, 4) is 11.5 Å². The van der Waals surface area contributed by atoms with Crippen LogP contribution in [0.15, 0.2) is 42.5 Å². The number of anilines is 1. The maximum Gasteiger partial charge on any atom is 0.119 e. The molecule has 1 fully saturated rings. The van der Waals surface area contributed by atoms with Crippen LogP contribution in [0.4, 0.5) is 5.69 Å². The highest BCUT2D eigenvalue weighted by Crippen LogP contribution is 2.26. The second kappa shape index (κ2) is 10.2. The molecule has 1 heterocycles. The quantitative estimate of drug-likeness (QED) is 0.673. The minimum atomic E-state index is -0.471. The number of hydrogen-bond acceptors (Lipinski definition) is 5. The molecule has 29 heavy (non-hydrogen) atoms. The molecular formula is C23H30ClN2O3-. The third-order valence-electron chi connectivity index (χ3n) is 5.79. The molecule has 0 saturated carbocycles. The average Bonchev–Trinajstić information content (AvgIpc) is 3.21. The Balaban J connectivity index is 0.00000240. The van der Waals surface area contributed by atoms with E-state index in [2.05, 4.69) is 34.1 Å². The van der Waals surface area contributed by atoms with E-state index in [0.29, 0.717) is 13.2 Å². The average molecular weight is 418 g/mol. The van der Waals surface area contributed by atoms with Gasteiger partial charge in [-0.3, -0.25) is 4.90 Å². The van der Waals surface area contributed by atoms with Gasteiger partial charge in [-0.05, 0) is 66.8 Å². The van der Waals surface area contributed by atoms with Crippen LogP contribution < -0.4 is 26.8 Å². The maximum absolute atomic E-state index is 10.4. The number of ether oxygens (including phenoxy) is 2. The molecule has 0 spiro atoms. The Morgan fingerprint density at radius 3 is 2.34 bits per heavy atom. The minimum Gasteiger partial charge on any atom is -1.00 e. The lowest BCUT2D eigenvalue weighted by atomic mass is 10.1. The number of aryl methyl sites for hydroxylation is 2. The summed E-state index contributed by atoms with van der Waals surface area (Å²) in [7, 11) is 1.69. The maximum atomic E-state index is 10.4. The van der Waals surface area contributed by atoms with E-state index in [1.807, 2.05) is 18.2 Å². The number of aliphatic hydroxyl groups excluding tert-OH is 1. The highest BCUT2D eigenvalue weighted by Gasteiger charge is 2.20. The van der Waals surface area contributed by atoms with Gasteiger partial charge in [-0.2, -0.15) is 0 Å². The van der Waals surface area contributed by atoms with Crippen LogP contribution in [0, 0.1) is 0 Å². The van der Waals surface area contributed by atoms with E-state index in [9.17, 15) is 5.11 Å². The van der Waals surface area contributed by atoms with Crippen molar-refractivity contribution in [1.29, 1.82) is 0 Å². The molecule has 1 N–H and O–H groups in total. The molecule has 2 aromatic carbocycles. The largest absolute Gasteiger partial charge is 1.00 e. The molecule has 1 aliphatic carbocycles. The zero-order chi connectivity index (χ0) is 19.3. The van der Waals surface area contributed by atoms with Crippen molar-refractivity contribution in [3.63, 3.8) is 0 Å². The number of β-amino-alcohol motifs (C(OH)–C–C–N with tert-alkyl or cyclic N) is 1. The normalized spacial score (nSPS) is 17.4. The lowest BCUT2D eigenvalue weighted by Crippen LogP contribution is -3.00. The topological polar surface area (TPSA) is 45.2 Å². The van der Waals surface area contributed by atoms with Gasteiger partial charge in [0.2, 0.25) is 0 Å². The summed E-state index contributed by atoms with van der Waals surface area (Å²) in [6.07, 6.45) is 3.10. The van der Waals surface area contributed by atoms with Crippen LogP contribution in [0.1, 0.15) is 17.5 Å². The Kier molecular flexibility index (Phi) is 7.64. The molecule has 6 heteroatoms. The van der Waals surface area contributed by atoms with E-state index < -0.39 is 6.10 Å². The Labute approximate surface area is 179 Å². The van der Waals surface area contributed by atoms with Crippen molar-refractivity contribution in [2.75, 3.05) is 51.3 Å². The second-order valence-electron chi connectivity index (χ2n) is 7.73. The lowest BCUT2D eigenvalue weighted by Gasteiger charge is -2.36. The Morgan fingerprint density at radius 2 is 1.62 bits per heavy atom. The predicted octanol–water partition coefficient (Wildman–Crippen LogP) is -0.250. The molecule has 2 aliphatic rings.